The van der Waals surface area contributed by atoms with E-state index in [9.17, 15) is 5.11 Å². The molecule has 4 rings (SSSR count). The summed E-state index contributed by atoms with van der Waals surface area (Å²) in [6.45, 7) is 18.1. The molecule has 0 unspecified atom stereocenters. The van der Waals surface area contributed by atoms with Gasteiger partial charge in [0.25, 0.3) is 0 Å². The summed E-state index contributed by atoms with van der Waals surface area (Å²) in [5.74, 6) is 1.25. The van der Waals surface area contributed by atoms with Crippen molar-refractivity contribution in [2.45, 2.75) is 68.2 Å². The van der Waals surface area contributed by atoms with Crippen molar-refractivity contribution in [3.8, 4) is 33.8 Å². The van der Waals surface area contributed by atoms with Crippen LogP contribution in [0.3, 0.4) is 0 Å². The average Bonchev–Trinajstić information content (AvgIpc) is 3.11. The second kappa shape index (κ2) is 34.6. The molecule has 4 aromatic carbocycles. The predicted octanol–water partition coefficient (Wildman–Crippen LogP) is 9.57. The zero-order valence-corrected chi connectivity index (χ0v) is 28.1. The van der Waals surface area contributed by atoms with Crippen LogP contribution in [0, 0.1) is 0 Å². The van der Waals surface area contributed by atoms with Crippen molar-refractivity contribution in [2.75, 3.05) is 26.3 Å². The van der Waals surface area contributed by atoms with Crippen LogP contribution < -0.4 is 16.2 Å². The van der Waals surface area contributed by atoms with E-state index in [1.54, 1.807) is 6.07 Å². The Kier molecular flexibility index (Phi) is 35.2. The third-order valence-electron chi connectivity index (χ3n) is 4.93. The highest BCUT2D eigenvalue weighted by atomic mass is 16.5. The highest BCUT2D eigenvalue weighted by molar-refractivity contribution is 5.70. The molecule has 43 heavy (non-hydrogen) atoms. The summed E-state index contributed by atoms with van der Waals surface area (Å²) in [5, 5.41) is 17.6. The normalized spacial score (nSPS) is 8.53. The molecule has 4 aromatic rings. The highest BCUT2D eigenvalue weighted by Crippen LogP contribution is 2.29. The molecule has 0 aromatic heterocycles. The fourth-order valence-corrected chi connectivity index (χ4v) is 3.14. The fourth-order valence-electron chi connectivity index (χ4n) is 3.14. The quantitative estimate of drug-likeness (QED) is 0.153. The van der Waals surface area contributed by atoms with Crippen LogP contribution in [0.15, 0.2) is 109 Å². The van der Waals surface area contributed by atoms with E-state index >= 15 is 0 Å². The van der Waals surface area contributed by atoms with Crippen LogP contribution in [0.5, 0.6) is 11.5 Å². The largest absolute Gasteiger partial charge is 0.507 e. The Labute approximate surface area is 263 Å². The number of ether oxygens (including phenoxy) is 1. The molecule has 5 heteroatoms. The lowest BCUT2D eigenvalue weighted by Crippen LogP contribution is -2.06. The minimum Gasteiger partial charge on any atom is -0.507 e. The molecular weight excluding hydrogens is 532 g/mol. The number of rotatable bonds is 8. The molecule has 0 fully saturated rings. The minimum absolute atomic E-state index is 0.219. The van der Waals surface area contributed by atoms with Gasteiger partial charge in [0.1, 0.15) is 11.5 Å². The molecule has 0 saturated heterocycles. The lowest BCUT2D eigenvalue weighted by molar-refractivity contribution is 0.291. The number of aliphatic hydroxyl groups excluding tert-OH is 1. The Morgan fingerprint density at radius 1 is 0.512 bits per heavy atom. The highest BCUT2D eigenvalue weighted by Gasteiger charge is 2.04. The molecule has 240 valence electrons. The van der Waals surface area contributed by atoms with E-state index in [0.717, 1.165) is 35.3 Å². The van der Waals surface area contributed by atoms with Gasteiger partial charge in [-0.3, -0.25) is 0 Å². The number of phenols is 1. The first-order valence-corrected chi connectivity index (χ1v) is 15.8. The lowest BCUT2D eigenvalue weighted by Gasteiger charge is -2.11. The Bertz CT molecular complexity index is 1070. The number of phenolic OH excluding ortho intramolecular Hbond substituents is 1. The molecular formula is C38H60N2O3. The van der Waals surface area contributed by atoms with Crippen molar-refractivity contribution in [3.05, 3.63) is 109 Å². The van der Waals surface area contributed by atoms with Gasteiger partial charge in [0.15, 0.2) is 0 Å². The topological polar surface area (TPSA) is 102 Å². The van der Waals surface area contributed by atoms with E-state index in [2.05, 4.69) is 18.2 Å². The van der Waals surface area contributed by atoms with Crippen molar-refractivity contribution in [1.82, 2.24) is 0 Å². The first-order chi connectivity index (χ1) is 21.2. The standard InChI is InChI=1S/C15H17NO.C12H10O.C3H9NO.4C2H6/c16-11-6-12-17-15-10-5-4-9-14(15)13-7-2-1-3-8-13;13-12-9-5-4-8-11(12)10-6-2-1-3-7-10;4-2-1-3-5;4*1-2/h1-5,7-10H,6,11-12,16H2;1-9,13H;5H,1-4H2;4*1-2H3. The molecule has 6 N–H and O–H groups in total. The second-order valence-electron chi connectivity index (χ2n) is 7.60. The van der Waals surface area contributed by atoms with E-state index in [0.29, 0.717) is 25.4 Å². The average molecular weight is 593 g/mol. The van der Waals surface area contributed by atoms with Crippen molar-refractivity contribution < 1.29 is 14.9 Å². The van der Waals surface area contributed by atoms with Crippen LogP contribution in [0.25, 0.3) is 22.3 Å². The van der Waals surface area contributed by atoms with Gasteiger partial charge >= 0.3 is 0 Å². The molecule has 0 amide bonds. The van der Waals surface area contributed by atoms with E-state index in [1.807, 2.05) is 140 Å². The molecule has 0 bridgehead atoms. The van der Waals surface area contributed by atoms with Gasteiger partial charge in [-0.1, -0.05) is 152 Å². The SMILES string of the molecule is CC.CC.CC.CC.NCCCO.NCCCOc1ccccc1-c1ccccc1.Oc1ccccc1-c1ccccc1. The molecule has 0 radical (unpaired) electrons. The zero-order chi connectivity index (χ0) is 33.1. The maximum Gasteiger partial charge on any atom is 0.127 e. The predicted molar refractivity (Wildman–Crippen MR) is 191 cm³/mol. The monoisotopic (exact) mass is 592 g/mol. The van der Waals surface area contributed by atoms with Gasteiger partial charge in [-0.05, 0) is 49.2 Å². The smallest absolute Gasteiger partial charge is 0.127 e. The molecule has 0 atom stereocenters. The third-order valence-corrected chi connectivity index (χ3v) is 4.93. The number of nitrogens with two attached hydrogens (primary N) is 2. The van der Waals surface area contributed by atoms with Crippen LogP contribution in [-0.4, -0.2) is 36.5 Å². The van der Waals surface area contributed by atoms with E-state index in [-0.39, 0.29) is 6.61 Å². The second-order valence-corrected chi connectivity index (χ2v) is 7.60. The first-order valence-electron chi connectivity index (χ1n) is 15.8. The number of hydrogen-bond donors (Lipinski definition) is 4. The fraction of sp³-hybridized carbons (Fsp3) is 0.368. The van der Waals surface area contributed by atoms with Gasteiger partial charge in [0.05, 0.1) is 6.61 Å². The van der Waals surface area contributed by atoms with Gasteiger partial charge in [0.2, 0.25) is 0 Å². The first kappa shape index (κ1) is 43.8. The summed E-state index contributed by atoms with van der Waals surface area (Å²) in [6.07, 6.45) is 1.60. The number of hydrogen-bond acceptors (Lipinski definition) is 5. The summed E-state index contributed by atoms with van der Waals surface area (Å²) in [4.78, 5) is 0. The van der Waals surface area contributed by atoms with E-state index in [1.165, 1.54) is 5.56 Å². The Balaban J connectivity index is -0.000000545. The van der Waals surface area contributed by atoms with Gasteiger partial charge in [-0.2, -0.15) is 0 Å². The molecule has 0 saturated carbocycles. The Morgan fingerprint density at radius 3 is 1.33 bits per heavy atom. The van der Waals surface area contributed by atoms with E-state index < -0.39 is 0 Å². The molecule has 0 aliphatic rings. The van der Waals surface area contributed by atoms with Gasteiger partial charge in [0, 0.05) is 17.7 Å². The summed E-state index contributed by atoms with van der Waals surface area (Å²) >= 11 is 0. The number of aromatic hydroxyl groups is 1. The number of aliphatic hydroxyl groups is 1. The molecule has 0 spiro atoms. The van der Waals surface area contributed by atoms with Gasteiger partial charge in [-0.25, -0.2) is 0 Å². The van der Waals surface area contributed by atoms with E-state index in [4.69, 9.17) is 21.3 Å². The van der Waals surface area contributed by atoms with Crippen molar-refractivity contribution in [3.63, 3.8) is 0 Å². The maximum atomic E-state index is 9.56. The lowest BCUT2D eigenvalue weighted by atomic mass is 10.1. The van der Waals surface area contributed by atoms with Crippen LogP contribution >= 0.6 is 0 Å². The molecule has 0 heterocycles. The van der Waals surface area contributed by atoms with Crippen molar-refractivity contribution in [1.29, 1.82) is 0 Å². The number of para-hydroxylation sites is 2. The third kappa shape index (κ3) is 20.8. The summed E-state index contributed by atoms with van der Waals surface area (Å²) in [6, 6.07) is 35.5. The van der Waals surface area contributed by atoms with Crippen LogP contribution in [0.1, 0.15) is 68.2 Å². The molecule has 0 aliphatic carbocycles. The van der Waals surface area contributed by atoms with Crippen LogP contribution in [-0.2, 0) is 0 Å². The molecule has 5 nitrogen and oxygen atoms in total. The summed E-state index contributed by atoms with van der Waals surface area (Å²) < 4.78 is 5.75. The minimum atomic E-state index is 0.219. The Morgan fingerprint density at radius 2 is 0.907 bits per heavy atom. The Hall–Kier alpha value is -3.64. The van der Waals surface area contributed by atoms with Crippen molar-refractivity contribution >= 4 is 0 Å². The van der Waals surface area contributed by atoms with Crippen LogP contribution in [0.2, 0.25) is 0 Å². The maximum absolute atomic E-state index is 9.56. The summed E-state index contributed by atoms with van der Waals surface area (Å²) in [5.41, 5.74) is 14.7. The van der Waals surface area contributed by atoms with Gasteiger partial charge in [-0.15, -0.1) is 0 Å². The van der Waals surface area contributed by atoms with Crippen molar-refractivity contribution in [2.24, 2.45) is 11.5 Å². The van der Waals surface area contributed by atoms with Crippen LogP contribution in [0.4, 0.5) is 0 Å². The zero-order valence-electron chi connectivity index (χ0n) is 28.1. The van der Waals surface area contributed by atoms with Gasteiger partial charge < -0.3 is 26.4 Å². The summed E-state index contributed by atoms with van der Waals surface area (Å²) in [7, 11) is 0. The molecule has 0 aliphatic heterocycles. The number of benzene rings is 4.